The highest BCUT2D eigenvalue weighted by Gasteiger charge is 2.33. The lowest BCUT2D eigenvalue weighted by Gasteiger charge is -2.24. The van der Waals surface area contributed by atoms with E-state index < -0.39 is 29.5 Å². The summed E-state index contributed by atoms with van der Waals surface area (Å²) in [6, 6.07) is 3.12. The normalized spacial score (nSPS) is 17.6. The van der Waals surface area contributed by atoms with Crippen LogP contribution in [0.4, 0.5) is 23.7 Å². The number of isothiocyanates is 1. The van der Waals surface area contributed by atoms with Gasteiger partial charge in [-0.05, 0) is 45.1 Å². The van der Waals surface area contributed by atoms with Crippen LogP contribution in [0, 0.1) is 0 Å². The van der Waals surface area contributed by atoms with Gasteiger partial charge >= 0.3 is 12.3 Å². The number of carbonyl (C=O) groups is 1. The van der Waals surface area contributed by atoms with E-state index in [2.05, 4.69) is 17.2 Å². The monoisotopic (exact) mass is 388 g/mol. The Morgan fingerprint density at radius 2 is 2.00 bits per heavy atom. The minimum Gasteiger partial charge on any atom is -0.488 e. The van der Waals surface area contributed by atoms with Crippen LogP contribution in [0.25, 0.3) is 0 Å². The highest BCUT2D eigenvalue weighted by atomic mass is 32.1. The van der Waals surface area contributed by atoms with Crippen molar-refractivity contribution in [1.29, 1.82) is 0 Å². The zero-order valence-corrected chi connectivity index (χ0v) is 15.4. The Morgan fingerprint density at radius 1 is 1.31 bits per heavy atom. The van der Waals surface area contributed by atoms with Crippen LogP contribution in [-0.2, 0) is 10.9 Å². The summed E-state index contributed by atoms with van der Waals surface area (Å²) in [6.45, 7) is 5.92. The van der Waals surface area contributed by atoms with Crippen molar-refractivity contribution in [1.82, 2.24) is 4.90 Å². The van der Waals surface area contributed by atoms with Gasteiger partial charge in [0.1, 0.15) is 17.5 Å². The van der Waals surface area contributed by atoms with Gasteiger partial charge in [0.2, 0.25) is 0 Å². The number of benzene rings is 1. The molecular formula is C17H19F3N2O3S. The minimum atomic E-state index is -4.54. The Hall–Kier alpha value is -2.12. The number of hydrogen-bond donors (Lipinski definition) is 0. The molecule has 0 aliphatic carbocycles. The highest BCUT2D eigenvalue weighted by molar-refractivity contribution is 7.78. The van der Waals surface area contributed by atoms with Gasteiger partial charge in [0.15, 0.2) is 0 Å². The van der Waals surface area contributed by atoms with Crippen molar-refractivity contribution in [2.75, 3.05) is 13.1 Å². The molecular weight excluding hydrogens is 369 g/mol. The van der Waals surface area contributed by atoms with E-state index in [-0.39, 0.29) is 18.0 Å². The van der Waals surface area contributed by atoms with Gasteiger partial charge in [0.25, 0.3) is 0 Å². The van der Waals surface area contributed by atoms with Crippen molar-refractivity contribution in [2.45, 2.75) is 45.1 Å². The van der Waals surface area contributed by atoms with E-state index in [1.807, 2.05) is 5.16 Å². The zero-order valence-electron chi connectivity index (χ0n) is 14.6. The van der Waals surface area contributed by atoms with E-state index in [9.17, 15) is 18.0 Å². The molecule has 1 fully saturated rings. The van der Waals surface area contributed by atoms with Crippen molar-refractivity contribution in [2.24, 2.45) is 4.99 Å². The van der Waals surface area contributed by atoms with Crippen LogP contribution in [0.3, 0.4) is 0 Å². The number of thiocarbonyl (C=S) groups is 1. The largest absolute Gasteiger partial charge is 0.488 e. The Morgan fingerprint density at radius 3 is 2.58 bits per heavy atom. The standard InChI is InChI=1S/C17H19F3N2O3S/c1-16(2,3)25-15(23)22-5-4-13(9-22)24-14-7-11(17(18,19)20)6-12(8-14)21-10-26/h6-8,13H,4-5,9H2,1-3H3/t13-/m0/s1. The average Bonchev–Trinajstić information content (AvgIpc) is 2.93. The molecule has 1 aliphatic rings. The third kappa shape index (κ3) is 5.71. The Labute approximate surface area is 154 Å². The summed E-state index contributed by atoms with van der Waals surface area (Å²) in [5.74, 6) is 0.0138. The summed E-state index contributed by atoms with van der Waals surface area (Å²) in [7, 11) is 0. The maximum Gasteiger partial charge on any atom is 0.416 e. The molecule has 0 N–H and O–H groups in total. The van der Waals surface area contributed by atoms with Gasteiger partial charge in [-0.1, -0.05) is 0 Å². The number of amides is 1. The molecule has 0 unspecified atom stereocenters. The molecule has 1 aromatic carbocycles. The molecule has 0 bridgehead atoms. The number of rotatable bonds is 3. The fourth-order valence-corrected chi connectivity index (χ4v) is 2.55. The van der Waals surface area contributed by atoms with Gasteiger partial charge in [-0.25, -0.2) is 4.79 Å². The molecule has 2 rings (SSSR count). The molecule has 1 saturated heterocycles. The first-order valence-electron chi connectivity index (χ1n) is 7.93. The smallest absolute Gasteiger partial charge is 0.416 e. The highest BCUT2D eigenvalue weighted by Crippen LogP contribution is 2.35. The first-order chi connectivity index (χ1) is 12.0. The lowest BCUT2D eigenvalue weighted by molar-refractivity contribution is -0.137. The van der Waals surface area contributed by atoms with Crippen molar-refractivity contribution in [3.63, 3.8) is 0 Å². The number of alkyl halides is 3. The number of likely N-dealkylation sites (tertiary alicyclic amines) is 1. The lowest BCUT2D eigenvalue weighted by atomic mass is 10.2. The minimum absolute atomic E-state index is 0.00632. The molecule has 1 aromatic rings. The molecule has 1 heterocycles. The third-order valence-corrected chi connectivity index (χ3v) is 3.58. The molecule has 1 aliphatic heterocycles. The molecule has 0 spiro atoms. The third-order valence-electron chi connectivity index (χ3n) is 3.49. The second-order valence-corrected chi connectivity index (χ2v) is 7.05. The van der Waals surface area contributed by atoms with Crippen LogP contribution >= 0.6 is 12.2 Å². The van der Waals surface area contributed by atoms with E-state index in [1.165, 1.54) is 11.0 Å². The Kier molecular flexibility index (Phi) is 5.93. The average molecular weight is 388 g/mol. The van der Waals surface area contributed by atoms with Crippen LogP contribution < -0.4 is 4.74 Å². The zero-order chi connectivity index (χ0) is 19.5. The van der Waals surface area contributed by atoms with Crippen molar-refractivity contribution in [3.8, 4) is 5.75 Å². The van der Waals surface area contributed by atoms with E-state index in [0.717, 1.165) is 12.1 Å². The Bertz CT molecular complexity index is 725. The first-order valence-corrected chi connectivity index (χ1v) is 8.33. The predicted octanol–water partition coefficient (Wildman–Crippen LogP) is 4.83. The molecule has 9 heteroatoms. The lowest BCUT2D eigenvalue weighted by Crippen LogP contribution is -2.36. The van der Waals surface area contributed by atoms with E-state index in [1.54, 1.807) is 20.8 Å². The summed E-state index contributed by atoms with van der Waals surface area (Å²) in [5, 5.41) is 2.04. The van der Waals surface area contributed by atoms with E-state index >= 15 is 0 Å². The summed E-state index contributed by atoms with van der Waals surface area (Å²) in [6.07, 6.45) is -4.96. The van der Waals surface area contributed by atoms with Gasteiger partial charge in [0.05, 0.1) is 23.0 Å². The van der Waals surface area contributed by atoms with E-state index in [4.69, 9.17) is 9.47 Å². The maximum absolute atomic E-state index is 13.0. The molecule has 142 valence electrons. The van der Waals surface area contributed by atoms with Crippen LogP contribution in [0.5, 0.6) is 5.75 Å². The number of hydrogen-bond acceptors (Lipinski definition) is 5. The topological polar surface area (TPSA) is 51.1 Å². The fourth-order valence-electron chi connectivity index (χ4n) is 2.44. The quantitative estimate of drug-likeness (QED) is 0.550. The van der Waals surface area contributed by atoms with Crippen LogP contribution in [-0.4, -0.2) is 40.9 Å². The van der Waals surface area contributed by atoms with Gasteiger partial charge < -0.3 is 14.4 Å². The molecule has 0 saturated carbocycles. The van der Waals surface area contributed by atoms with Gasteiger partial charge in [0, 0.05) is 19.0 Å². The number of carbonyl (C=O) groups excluding carboxylic acids is 1. The van der Waals surface area contributed by atoms with E-state index in [0.29, 0.717) is 13.0 Å². The summed E-state index contributed by atoms with van der Waals surface area (Å²) >= 11 is 4.45. The maximum atomic E-state index is 13.0. The summed E-state index contributed by atoms with van der Waals surface area (Å²) < 4.78 is 50.0. The number of ether oxygens (including phenoxy) is 2. The van der Waals surface area contributed by atoms with Crippen molar-refractivity contribution in [3.05, 3.63) is 23.8 Å². The number of nitrogens with zero attached hydrogens (tertiary/aromatic N) is 2. The number of aliphatic imine (C=N–C) groups is 1. The first kappa shape index (κ1) is 20.2. The summed E-state index contributed by atoms with van der Waals surface area (Å²) in [4.78, 5) is 17.1. The van der Waals surface area contributed by atoms with Gasteiger partial charge in [-0.2, -0.15) is 18.2 Å². The van der Waals surface area contributed by atoms with Crippen molar-refractivity contribution >= 4 is 29.2 Å². The van der Waals surface area contributed by atoms with Crippen LogP contribution in [0.1, 0.15) is 32.8 Å². The molecule has 0 aromatic heterocycles. The molecule has 1 atom stereocenters. The predicted molar refractivity (Wildman–Crippen MR) is 93.0 cm³/mol. The second-order valence-electron chi connectivity index (χ2n) is 6.87. The second kappa shape index (κ2) is 7.63. The van der Waals surface area contributed by atoms with Gasteiger partial charge in [-0.15, -0.1) is 0 Å². The summed E-state index contributed by atoms with van der Waals surface area (Å²) in [5.41, 5.74) is -1.50. The van der Waals surface area contributed by atoms with Crippen molar-refractivity contribution < 1.29 is 27.4 Å². The van der Waals surface area contributed by atoms with Gasteiger partial charge in [-0.3, -0.25) is 0 Å². The Balaban J connectivity index is 2.10. The van der Waals surface area contributed by atoms with Crippen LogP contribution in [0.2, 0.25) is 0 Å². The van der Waals surface area contributed by atoms with Crippen LogP contribution in [0.15, 0.2) is 23.2 Å². The SMILES string of the molecule is CC(C)(C)OC(=O)N1CC[C@H](Oc2cc(N=C=S)cc(C(F)(F)F)c2)C1. The number of halogens is 3. The molecule has 26 heavy (non-hydrogen) atoms. The molecule has 5 nitrogen and oxygen atoms in total. The fraction of sp³-hybridized carbons (Fsp3) is 0.529. The molecule has 1 amide bonds. The molecule has 0 radical (unpaired) electrons.